The van der Waals surface area contributed by atoms with E-state index in [1.54, 1.807) is 0 Å². The zero-order valence-corrected chi connectivity index (χ0v) is 16.9. The van der Waals surface area contributed by atoms with E-state index in [-0.39, 0.29) is 0 Å². The van der Waals surface area contributed by atoms with Crippen molar-refractivity contribution >= 4 is 32.3 Å². The van der Waals surface area contributed by atoms with Crippen LogP contribution in [0.5, 0.6) is 5.75 Å². The lowest BCUT2D eigenvalue weighted by Gasteiger charge is -2.19. The Balaban J connectivity index is 1.85. The van der Waals surface area contributed by atoms with Crippen LogP contribution >= 0.6 is 0 Å². The fraction of sp³-hybridized carbons (Fsp3) is 0. The summed E-state index contributed by atoms with van der Waals surface area (Å²) in [6.45, 7) is 0. The molecule has 1 heteroatoms. The molecule has 0 fully saturated rings. The Kier molecular flexibility index (Phi) is 4.00. The maximum atomic E-state index is 10.5. The first-order valence-electron chi connectivity index (χ1n) is 10.5. The van der Waals surface area contributed by atoms with Gasteiger partial charge in [0, 0.05) is 5.39 Å². The van der Waals surface area contributed by atoms with Crippen LogP contribution in [0.15, 0.2) is 115 Å². The van der Waals surface area contributed by atoms with Gasteiger partial charge >= 0.3 is 0 Å². The number of phenolic OH excluding ortho intramolecular Hbond substituents is 1. The Labute approximate surface area is 180 Å². The maximum absolute atomic E-state index is 10.5. The number of aromatic hydroxyl groups is 1. The second kappa shape index (κ2) is 7.00. The highest BCUT2D eigenvalue weighted by atomic mass is 16.3. The third-order valence-corrected chi connectivity index (χ3v) is 6.16. The van der Waals surface area contributed by atoms with Gasteiger partial charge in [-0.2, -0.15) is 0 Å². The van der Waals surface area contributed by atoms with E-state index in [2.05, 4.69) is 84.9 Å². The molecule has 0 heterocycles. The number of hydrogen-bond acceptors (Lipinski definition) is 1. The summed E-state index contributed by atoms with van der Waals surface area (Å²) in [6.07, 6.45) is 0. The smallest absolute Gasteiger partial charge is 0.123 e. The average molecular weight is 396 g/mol. The SMILES string of the molecule is Oc1ccc(-c2c3ccccc3c(-c3ccccc3)c3ccccc23)c2ccccc12. The van der Waals surface area contributed by atoms with Crippen LogP contribution < -0.4 is 0 Å². The molecular formula is C30H20O. The fourth-order valence-corrected chi connectivity index (χ4v) is 4.84. The largest absolute Gasteiger partial charge is 0.507 e. The first-order valence-corrected chi connectivity index (χ1v) is 10.5. The quantitative estimate of drug-likeness (QED) is 0.293. The Hall–Kier alpha value is -4.10. The number of hydrogen-bond donors (Lipinski definition) is 1. The Morgan fingerprint density at radius 1 is 0.355 bits per heavy atom. The molecule has 0 aliphatic heterocycles. The molecule has 0 bridgehead atoms. The first kappa shape index (κ1) is 17.7. The Morgan fingerprint density at radius 3 is 1.39 bits per heavy atom. The van der Waals surface area contributed by atoms with E-state index in [1.807, 2.05) is 30.3 Å². The number of benzene rings is 6. The van der Waals surface area contributed by atoms with Gasteiger partial charge in [-0.15, -0.1) is 0 Å². The molecule has 146 valence electrons. The van der Waals surface area contributed by atoms with Gasteiger partial charge in [0.25, 0.3) is 0 Å². The topological polar surface area (TPSA) is 20.2 Å². The van der Waals surface area contributed by atoms with E-state index in [1.165, 1.54) is 38.2 Å². The van der Waals surface area contributed by atoms with Crippen molar-refractivity contribution in [2.75, 3.05) is 0 Å². The summed E-state index contributed by atoms with van der Waals surface area (Å²) in [5.74, 6) is 0.314. The van der Waals surface area contributed by atoms with Gasteiger partial charge in [0.2, 0.25) is 0 Å². The van der Waals surface area contributed by atoms with Gasteiger partial charge in [0.15, 0.2) is 0 Å². The molecule has 0 amide bonds. The highest BCUT2D eigenvalue weighted by molar-refractivity contribution is 6.23. The fourth-order valence-electron chi connectivity index (χ4n) is 4.84. The third-order valence-electron chi connectivity index (χ3n) is 6.16. The molecule has 1 nitrogen and oxygen atoms in total. The van der Waals surface area contributed by atoms with Crippen molar-refractivity contribution in [3.05, 3.63) is 115 Å². The van der Waals surface area contributed by atoms with Crippen LogP contribution in [0.3, 0.4) is 0 Å². The van der Waals surface area contributed by atoms with Gasteiger partial charge in [-0.25, -0.2) is 0 Å². The Bertz CT molecular complexity index is 1520. The summed E-state index contributed by atoms with van der Waals surface area (Å²) >= 11 is 0. The Morgan fingerprint density at radius 2 is 0.806 bits per heavy atom. The van der Waals surface area contributed by atoms with Gasteiger partial charge in [-0.1, -0.05) is 109 Å². The molecule has 0 unspecified atom stereocenters. The van der Waals surface area contributed by atoms with Crippen molar-refractivity contribution in [2.24, 2.45) is 0 Å². The number of fused-ring (bicyclic) bond motifs is 3. The molecule has 6 aromatic rings. The van der Waals surface area contributed by atoms with Crippen LogP contribution in [0.4, 0.5) is 0 Å². The molecule has 6 aromatic carbocycles. The maximum Gasteiger partial charge on any atom is 0.123 e. The standard InChI is InChI=1S/C30H20O/c31-28-19-18-27(21-12-4-5-13-22(21)28)30-25-16-8-6-14-23(25)29(20-10-2-1-3-11-20)24-15-7-9-17-26(24)30/h1-19,31H. The van der Waals surface area contributed by atoms with Crippen LogP contribution in [0, 0.1) is 0 Å². The molecule has 6 rings (SSSR count). The van der Waals surface area contributed by atoms with E-state index in [0.29, 0.717) is 5.75 Å². The van der Waals surface area contributed by atoms with Crippen LogP contribution in [0.2, 0.25) is 0 Å². The van der Waals surface area contributed by atoms with Gasteiger partial charge in [0.1, 0.15) is 5.75 Å². The van der Waals surface area contributed by atoms with Crippen molar-refractivity contribution in [2.45, 2.75) is 0 Å². The van der Waals surface area contributed by atoms with Crippen molar-refractivity contribution in [3.8, 4) is 28.0 Å². The number of phenols is 1. The molecule has 0 aliphatic carbocycles. The molecule has 0 atom stereocenters. The summed E-state index contributed by atoms with van der Waals surface area (Å²) in [6, 6.07) is 39.9. The normalized spacial score (nSPS) is 11.4. The number of rotatable bonds is 2. The van der Waals surface area contributed by atoms with Crippen molar-refractivity contribution < 1.29 is 5.11 Å². The molecule has 1 N–H and O–H groups in total. The molecule has 0 radical (unpaired) electrons. The van der Waals surface area contributed by atoms with Crippen LogP contribution in [0.25, 0.3) is 54.6 Å². The van der Waals surface area contributed by atoms with Gasteiger partial charge < -0.3 is 5.11 Å². The lowest BCUT2D eigenvalue weighted by atomic mass is 9.84. The summed E-state index contributed by atoms with van der Waals surface area (Å²) < 4.78 is 0. The molecule has 0 saturated heterocycles. The van der Waals surface area contributed by atoms with E-state index in [9.17, 15) is 5.11 Å². The van der Waals surface area contributed by atoms with Gasteiger partial charge in [0.05, 0.1) is 0 Å². The minimum atomic E-state index is 0.314. The van der Waals surface area contributed by atoms with E-state index < -0.39 is 0 Å². The molecule has 31 heavy (non-hydrogen) atoms. The average Bonchev–Trinajstić information content (AvgIpc) is 2.84. The van der Waals surface area contributed by atoms with Crippen LogP contribution in [0.1, 0.15) is 0 Å². The van der Waals surface area contributed by atoms with Crippen molar-refractivity contribution in [3.63, 3.8) is 0 Å². The zero-order valence-electron chi connectivity index (χ0n) is 16.9. The lowest BCUT2D eigenvalue weighted by Crippen LogP contribution is -1.91. The zero-order chi connectivity index (χ0) is 20.8. The summed E-state index contributed by atoms with van der Waals surface area (Å²) in [4.78, 5) is 0. The van der Waals surface area contributed by atoms with Crippen molar-refractivity contribution in [1.82, 2.24) is 0 Å². The second-order valence-electron chi connectivity index (χ2n) is 7.89. The summed E-state index contributed by atoms with van der Waals surface area (Å²) in [5, 5.41) is 17.3. The lowest BCUT2D eigenvalue weighted by molar-refractivity contribution is 0.481. The van der Waals surface area contributed by atoms with Crippen LogP contribution in [-0.2, 0) is 0 Å². The highest BCUT2D eigenvalue weighted by Crippen LogP contribution is 2.45. The van der Waals surface area contributed by atoms with Gasteiger partial charge in [-0.05, 0) is 55.3 Å². The molecule has 0 saturated carbocycles. The predicted octanol–water partition coefficient (Wildman–Crippen LogP) is 8.19. The molecule has 0 spiro atoms. The van der Waals surface area contributed by atoms with Gasteiger partial charge in [-0.3, -0.25) is 0 Å². The predicted molar refractivity (Wildman–Crippen MR) is 131 cm³/mol. The molecule has 0 aromatic heterocycles. The minimum Gasteiger partial charge on any atom is -0.507 e. The first-order chi connectivity index (χ1) is 15.3. The summed E-state index contributed by atoms with van der Waals surface area (Å²) in [5.41, 5.74) is 4.83. The van der Waals surface area contributed by atoms with Crippen LogP contribution in [-0.4, -0.2) is 5.11 Å². The van der Waals surface area contributed by atoms with Crippen molar-refractivity contribution in [1.29, 1.82) is 0 Å². The monoisotopic (exact) mass is 396 g/mol. The minimum absolute atomic E-state index is 0.314. The van der Waals surface area contributed by atoms with E-state index in [4.69, 9.17) is 0 Å². The molecular weight excluding hydrogens is 376 g/mol. The highest BCUT2D eigenvalue weighted by Gasteiger charge is 2.18. The van der Waals surface area contributed by atoms with E-state index in [0.717, 1.165) is 16.3 Å². The third kappa shape index (κ3) is 2.71. The summed E-state index contributed by atoms with van der Waals surface area (Å²) in [7, 11) is 0. The van der Waals surface area contributed by atoms with E-state index >= 15 is 0 Å². The second-order valence-corrected chi connectivity index (χ2v) is 7.89. The molecule has 0 aliphatic rings.